The van der Waals surface area contributed by atoms with Crippen molar-refractivity contribution in [3.8, 4) is 11.3 Å². The van der Waals surface area contributed by atoms with E-state index in [9.17, 15) is 16.8 Å². The third-order valence-electron chi connectivity index (χ3n) is 3.76. The number of hydrogen-bond donors (Lipinski definition) is 4. The molecule has 0 radical (unpaired) electrons. The molecule has 0 atom stereocenters. The van der Waals surface area contributed by atoms with Crippen molar-refractivity contribution in [1.82, 2.24) is 9.66 Å². The Balaban J connectivity index is 2.26. The van der Waals surface area contributed by atoms with Crippen LogP contribution in [-0.2, 0) is 20.0 Å². The molecule has 150 valence electrons. The third kappa shape index (κ3) is 3.61. The predicted octanol–water partition coefficient (Wildman–Crippen LogP) is 2.36. The molecular formula is C14H11Cl3N4O5S2. The lowest BCUT2D eigenvalue weighted by atomic mass is 10.1. The summed E-state index contributed by atoms with van der Waals surface area (Å²) in [4.78, 5) is 2.76. The quantitative estimate of drug-likeness (QED) is 0.319. The zero-order valence-corrected chi connectivity index (χ0v) is 17.4. The number of hydrogen-bond acceptors (Lipinski definition) is 7. The zero-order valence-electron chi connectivity index (χ0n) is 13.5. The normalized spacial score (nSPS) is 12.6. The van der Waals surface area contributed by atoms with Crippen molar-refractivity contribution in [2.75, 3.05) is 0 Å². The lowest BCUT2D eigenvalue weighted by molar-refractivity contribution is 0.582. The van der Waals surface area contributed by atoms with E-state index >= 15 is 0 Å². The molecule has 3 aromatic rings. The first-order chi connectivity index (χ1) is 13.0. The smallest absolute Gasteiger partial charge is 0.254 e. The average molecular weight is 486 g/mol. The molecule has 1 aromatic heterocycles. The molecule has 0 aliphatic carbocycles. The Labute approximate surface area is 174 Å². The lowest BCUT2D eigenvalue weighted by Crippen LogP contribution is -2.30. The van der Waals surface area contributed by atoms with Crippen molar-refractivity contribution in [3.63, 3.8) is 0 Å². The lowest BCUT2D eigenvalue weighted by Gasteiger charge is -2.06. The molecule has 1 heterocycles. The van der Waals surface area contributed by atoms with Gasteiger partial charge >= 0.3 is 0 Å². The Morgan fingerprint density at radius 1 is 0.821 bits per heavy atom. The Hall–Kier alpha value is -1.41. The number of fused-ring (bicyclic) bond motifs is 1. The van der Waals surface area contributed by atoms with E-state index in [1.54, 1.807) is 9.66 Å². The summed E-state index contributed by atoms with van der Waals surface area (Å²) in [6.45, 7) is 0. The Bertz CT molecular complexity index is 1310. The van der Waals surface area contributed by atoms with E-state index in [1.165, 1.54) is 30.3 Å². The molecule has 0 spiro atoms. The number of benzene rings is 2. The topological polar surface area (TPSA) is 158 Å². The molecule has 0 unspecified atom stereocenters. The first-order valence-electron chi connectivity index (χ1n) is 7.18. The second-order valence-electron chi connectivity index (χ2n) is 5.41. The van der Waals surface area contributed by atoms with Gasteiger partial charge in [0.05, 0.1) is 15.1 Å². The molecule has 3 rings (SSSR count). The molecule has 2 aromatic carbocycles. The van der Waals surface area contributed by atoms with E-state index in [-0.39, 0.29) is 47.2 Å². The summed E-state index contributed by atoms with van der Waals surface area (Å²) >= 11 is 18.3. The number of nitrogens with two attached hydrogens (primary N) is 2. The summed E-state index contributed by atoms with van der Waals surface area (Å²) in [6, 6.07) is 6.46. The van der Waals surface area contributed by atoms with Crippen LogP contribution in [0.5, 0.6) is 0 Å². The highest BCUT2D eigenvalue weighted by Gasteiger charge is 2.24. The van der Waals surface area contributed by atoms with Crippen LogP contribution in [0.25, 0.3) is 22.3 Å². The molecule has 0 amide bonds. The van der Waals surface area contributed by atoms with Crippen LogP contribution in [0.15, 0.2) is 44.5 Å². The van der Waals surface area contributed by atoms with Gasteiger partial charge < -0.3 is 4.42 Å². The second-order valence-corrected chi connectivity index (χ2v) is 9.97. The van der Waals surface area contributed by atoms with Crippen LogP contribution >= 0.6 is 34.8 Å². The van der Waals surface area contributed by atoms with E-state index < -0.39 is 20.0 Å². The van der Waals surface area contributed by atoms with Crippen molar-refractivity contribution in [2.24, 2.45) is 11.7 Å². The number of halogens is 3. The highest BCUT2D eigenvalue weighted by atomic mass is 35.5. The number of rotatable bonds is 5. The molecule has 14 heteroatoms. The Morgan fingerprint density at radius 2 is 1.39 bits per heavy atom. The van der Waals surface area contributed by atoms with Crippen molar-refractivity contribution in [2.45, 2.75) is 9.79 Å². The fraction of sp³-hybridized carbons (Fsp3) is 0. The molecule has 0 saturated heterocycles. The highest BCUT2D eigenvalue weighted by molar-refractivity contribution is 7.89. The highest BCUT2D eigenvalue weighted by Crippen LogP contribution is 2.41. The van der Waals surface area contributed by atoms with Crippen LogP contribution in [0.4, 0.5) is 0 Å². The molecule has 0 aliphatic rings. The largest absolute Gasteiger partial charge is 0.454 e. The first kappa shape index (κ1) is 21.3. The number of nitrogens with one attached hydrogen (secondary N) is 2. The molecule has 0 fully saturated rings. The van der Waals surface area contributed by atoms with Gasteiger partial charge in [0.1, 0.15) is 15.4 Å². The van der Waals surface area contributed by atoms with Gasteiger partial charge in [0.15, 0.2) is 5.76 Å². The zero-order chi connectivity index (χ0) is 20.9. The van der Waals surface area contributed by atoms with Crippen LogP contribution in [0.2, 0.25) is 15.1 Å². The van der Waals surface area contributed by atoms with Crippen molar-refractivity contribution < 1.29 is 21.3 Å². The fourth-order valence-corrected chi connectivity index (χ4v) is 5.06. The van der Waals surface area contributed by atoms with Crippen LogP contribution in [0.3, 0.4) is 0 Å². The van der Waals surface area contributed by atoms with Crippen molar-refractivity contribution in [1.29, 1.82) is 0 Å². The van der Waals surface area contributed by atoms with E-state index in [0.29, 0.717) is 0 Å². The number of furan rings is 1. The molecule has 0 bridgehead atoms. The Kier molecular flexibility index (Phi) is 5.66. The van der Waals surface area contributed by atoms with Crippen LogP contribution < -0.4 is 21.3 Å². The molecule has 9 nitrogen and oxygen atoms in total. The number of hydrazine groups is 2. The summed E-state index contributed by atoms with van der Waals surface area (Å²) in [7, 11) is -8.10. The Morgan fingerprint density at radius 3 is 1.96 bits per heavy atom. The van der Waals surface area contributed by atoms with Crippen LogP contribution in [0, 0.1) is 0 Å². The van der Waals surface area contributed by atoms with Gasteiger partial charge in [0.2, 0.25) is 0 Å². The summed E-state index contributed by atoms with van der Waals surface area (Å²) < 4.78 is 53.6. The average Bonchev–Trinajstić information content (AvgIpc) is 2.97. The summed E-state index contributed by atoms with van der Waals surface area (Å²) in [5.74, 6) is 10.1. The minimum atomic E-state index is -4.05. The monoisotopic (exact) mass is 484 g/mol. The third-order valence-corrected chi connectivity index (χ3v) is 7.46. The molecular weight excluding hydrogens is 475 g/mol. The van der Waals surface area contributed by atoms with Crippen LogP contribution in [-0.4, -0.2) is 16.8 Å². The van der Waals surface area contributed by atoms with Gasteiger partial charge in [0.25, 0.3) is 20.0 Å². The minimum absolute atomic E-state index is 0.0338. The van der Waals surface area contributed by atoms with E-state index in [1.807, 2.05) is 0 Å². The maximum absolute atomic E-state index is 12.0. The van der Waals surface area contributed by atoms with Gasteiger partial charge in [-0.15, -0.1) is 0 Å². The predicted molar refractivity (Wildman–Crippen MR) is 106 cm³/mol. The SMILES string of the molecule is NNS(=O)(=O)c1cc(-c2oc3cc(Cl)c(S(=O)(=O)NN)cc3c2Cl)ccc1Cl. The first-order valence-corrected chi connectivity index (χ1v) is 11.3. The molecule has 6 N–H and O–H groups in total. The second kappa shape index (κ2) is 7.44. The van der Waals surface area contributed by atoms with Gasteiger partial charge in [0, 0.05) is 17.0 Å². The van der Waals surface area contributed by atoms with Gasteiger partial charge in [-0.3, -0.25) is 11.7 Å². The van der Waals surface area contributed by atoms with Gasteiger partial charge in [-0.25, -0.2) is 16.8 Å². The van der Waals surface area contributed by atoms with Gasteiger partial charge in [-0.2, -0.15) is 9.66 Å². The van der Waals surface area contributed by atoms with E-state index in [4.69, 9.17) is 50.9 Å². The van der Waals surface area contributed by atoms with Gasteiger partial charge in [-0.05, 0) is 24.3 Å². The maximum atomic E-state index is 12.0. The molecule has 0 saturated carbocycles. The van der Waals surface area contributed by atoms with Gasteiger partial charge in [-0.1, -0.05) is 34.8 Å². The number of sulfonamides is 2. The summed E-state index contributed by atoms with van der Waals surface area (Å²) in [6.07, 6.45) is 0. The molecule has 0 aliphatic heterocycles. The van der Waals surface area contributed by atoms with Crippen molar-refractivity contribution in [3.05, 3.63) is 45.4 Å². The van der Waals surface area contributed by atoms with Crippen LogP contribution in [0.1, 0.15) is 0 Å². The summed E-state index contributed by atoms with van der Waals surface area (Å²) in [5.41, 5.74) is 0.439. The maximum Gasteiger partial charge on any atom is 0.254 e. The standard InChI is InChI=1S/C14H11Cl3N4O5S2/c15-8-2-1-6(3-11(8)27(22,23)20-18)14-13(17)7-4-12(28(24,25)21-19)9(16)5-10(7)26-14/h1-5,20-21H,18-19H2. The van der Waals surface area contributed by atoms with E-state index in [0.717, 1.165) is 0 Å². The van der Waals surface area contributed by atoms with E-state index in [2.05, 4.69) is 0 Å². The molecule has 28 heavy (non-hydrogen) atoms. The van der Waals surface area contributed by atoms with Crippen molar-refractivity contribution >= 4 is 65.8 Å². The fourth-order valence-electron chi connectivity index (χ4n) is 2.44. The summed E-state index contributed by atoms with van der Waals surface area (Å²) in [5, 5.41) is 0.0474. The minimum Gasteiger partial charge on any atom is -0.454 e.